The van der Waals surface area contributed by atoms with Crippen LogP contribution in [-0.2, 0) is 0 Å². The molecule has 0 saturated heterocycles. The fourth-order valence-corrected chi connectivity index (χ4v) is 4.47. The van der Waals surface area contributed by atoms with Gasteiger partial charge in [-0.3, -0.25) is 0 Å². The maximum atomic E-state index is 2.30. The zero-order valence-corrected chi connectivity index (χ0v) is 19.5. The summed E-state index contributed by atoms with van der Waals surface area (Å²) in [5.74, 6) is 0. The Balaban J connectivity index is 1.54. The summed E-state index contributed by atoms with van der Waals surface area (Å²) in [6, 6.07) is 42.0. The van der Waals surface area contributed by atoms with Crippen LogP contribution >= 0.6 is 0 Å². The van der Waals surface area contributed by atoms with Gasteiger partial charge >= 0.3 is 0 Å². The minimum atomic E-state index is 1.24. The maximum Gasteiger partial charge on any atom is -0.0103 e. The first-order chi connectivity index (χ1) is 16.1. The summed E-state index contributed by atoms with van der Waals surface area (Å²) in [6.45, 7) is 6.46. The number of aryl methyl sites for hydroxylation is 3. The fourth-order valence-electron chi connectivity index (χ4n) is 4.47. The van der Waals surface area contributed by atoms with Crippen molar-refractivity contribution in [3.63, 3.8) is 0 Å². The lowest BCUT2D eigenvalue weighted by Gasteiger charge is -2.13. The van der Waals surface area contributed by atoms with E-state index in [-0.39, 0.29) is 0 Å². The van der Waals surface area contributed by atoms with Crippen LogP contribution in [0.4, 0.5) is 0 Å². The molecule has 0 aliphatic carbocycles. The third-order valence-electron chi connectivity index (χ3n) is 6.25. The van der Waals surface area contributed by atoms with E-state index in [1.807, 2.05) is 0 Å². The van der Waals surface area contributed by atoms with E-state index in [9.17, 15) is 0 Å². The van der Waals surface area contributed by atoms with Crippen LogP contribution in [0.5, 0.6) is 0 Å². The Morgan fingerprint density at radius 1 is 0.303 bits per heavy atom. The highest BCUT2D eigenvalue weighted by atomic mass is 14.1. The molecule has 0 bridgehead atoms. The molecular weight excluding hydrogens is 396 g/mol. The average Bonchev–Trinajstić information content (AvgIpc) is 2.85. The first-order valence-electron chi connectivity index (χ1n) is 11.5. The van der Waals surface area contributed by atoms with Crippen molar-refractivity contribution < 1.29 is 0 Å². The van der Waals surface area contributed by atoms with Crippen molar-refractivity contribution in [1.29, 1.82) is 0 Å². The molecule has 0 N–H and O–H groups in total. The predicted molar refractivity (Wildman–Crippen MR) is 142 cm³/mol. The van der Waals surface area contributed by atoms with E-state index in [1.165, 1.54) is 61.2 Å². The largest absolute Gasteiger partial charge is 0.0622 e. The Hall–Kier alpha value is -3.90. The van der Waals surface area contributed by atoms with Gasteiger partial charge in [0.25, 0.3) is 0 Å². The van der Waals surface area contributed by atoms with Crippen LogP contribution in [-0.4, -0.2) is 0 Å². The molecule has 0 heterocycles. The molecule has 0 aliphatic heterocycles. The minimum absolute atomic E-state index is 1.24. The molecule has 0 saturated carbocycles. The monoisotopic (exact) mass is 424 g/mol. The molecule has 0 atom stereocenters. The number of hydrogen-bond acceptors (Lipinski definition) is 0. The lowest BCUT2D eigenvalue weighted by atomic mass is 9.91. The summed E-state index contributed by atoms with van der Waals surface area (Å²) in [5, 5.41) is 0. The van der Waals surface area contributed by atoms with Crippen LogP contribution in [0.3, 0.4) is 0 Å². The fraction of sp³-hybridized carbons (Fsp3) is 0.0909. The number of hydrogen-bond donors (Lipinski definition) is 0. The zero-order valence-electron chi connectivity index (χ0n) is 19.5. The molecule has 5 aromatic carbocycles. The second kappa shape index (κ2) is 8.92. The molecule has 5 rings (SSSR count). The van der Waals surface area contributed by atoms with E-state index in [0.717, 1.165) is 0 Å². The highest BCUT2D eigenvalue weighted by Crippen LogP contribution is 2.35. The van der Waals surface area contributed by atoms with E-state index in [0.29, 0.717) is 0 Å². The Morgan fingerprint density at radius 2 is 0.818 bits per heavy atom. The maximum absolute atomic E-state index is 2.30. The van der Waals surface area contributed by atoms with Crippen LogP contribution < -0.4 is 0 Å². The first kappa shape index (κ1) is 21.0. The van der Waals surface area contributed by atoms with Crippen molar-refractivity contribution in [2.75, 3.05) is 0 Å². The lowest BCUT2D eigenvalue weighted by molar-refractivity contribution is 1.44. The molecule has 0 fully saturated rings. The average molecular weight is 425 g/mol. The normalized spacial score (nSPS) is 10.9. The van der Waals surface area contributed by atoms with Crippen LogP contribution in [0.2, 0.25) is 0 Å². The van der Waals surface area contributed by atoms with Gasteiger partial charge in [-0.2, -0.15) is 0 Å². The highest BCUT2D eigenvalue weighted by molar-refractivity contribution is 5.85. The van der Waals surface area contributed by atoms with Gasteiger partial charge in [0.15, 0.2) is 0 Å². The van der Waals surface area contributed by atoms with Crippen LogP contribution in [0.25, 0.3) is 44.5 Å². The number of rotatable bonds is 4. The molecule has 5 aromatic rings. The molecule has 0 unspecified atom stereocenters. The van der Waals surface area contributed by atoms with Crippen molar-refractivity contribution >= 4 is 0 Å². The molecule has 0 spiro atoms. The van der Waals surface area contributed by atoms with Gasteiger partial charge in [-0.1, -0.05) is 120 Å². The first-order valence-corrected chi connectivity index (χ1v) is 11.5. The van der Waals surface area contributed by atoms with Crippen molar-refractivity contribution in [2.45, 2.75) is 20.8 Å². The minimum Gasteiger partial charge on any atom is -0.0622 e. The van der Waals surface area contributed by atoms with Crippen LogP contribution in [0.1, 0.15) is 16.7 Å². The third-order valence-corrected chi connectivity index (χ3v) is 6.25. The van der Waals surface area contributed by atoms with Crippen molar-refractivity contribution in [2.24, 2.45) is 0 Å². The molecular formula is C33H28. The molecule has 0 radical (unpaired) electrons. The van der Waals surface area contributed by atoms with E-state index >= 15 is 0 Å². The van der Waals surface area contributed by atoms with Gasteiger partial charge in [0.1, 0.15) is 0 Å². The van der Waals surface area contributed by atoms with E-state index in [4.69, 9.17) is 0 Å². The lowest BCUT2D eigenvalue weighted by Crippen LogP contribution is -1.88. The van der Waals surface area contributed by atoms with E-state index in [1.54, 1.807) is 0 Å². The van der Waals surface area contributed by atoms with Crippen molar-refractivity contribution in [1.82, 2.24) is 0 Å². The molecule has 33 heavy (non-hydrogen) atoms. The Kier molecular flexibility index (Phi) is 5.67. The summed E-state index contributed by atoms with van der Waals surface area (Å²) >= 11 is 0. The van der Waals surface area contributed by atoms with Gasteiger partial charge in [-0.25, -0.2) is 0 Å². The summed E-state index contributed by atoms with van der Waals surface area (Å²) in [6.07, 6.45) is 0. The summed E-state index contributed by atoms with van der Waals surface area (Å²) in [7, 11) is 0. The predicted octanol–water partition coefficient (Wildman–Crippen LogP) is 9.28. The molecule has 0 heteroatoms. The smallest absolute Gasteiger partial charge is 0.0103 e. The molecule has 160 valence electrons. The van der Waals surface area contributed by atoms with E-state index in [2.05, 4.69) is 136 Å². The van der Waals surface area contributed by atoms with Gasteiger partial charge in [0.05, 0.1) is 0 Å². The van der Waals surface area contributed by atoms with Crippen molar-refractivity contribution in [3.8, 4) is 44.5 Å². The molecule has 0 aliphatic rings. The Labute approximate surface area is 197 Å². The molecule has 0 nitrogen and oxygen atoms in total. The van der Waals surface area contributed by atoms with Crippen molar-refractivity contribution in [3.05, 3.63) is 132 Å². The molecule has 0 aromatic heterocycles. The Bertz CT molecular complexity index is 1390. The second-order valence-electron chi connectivity index (χ2n) is 8.95. The number of benzene rings is 5. The SMILES string of the molecule is Cc1ccc(-c2ccc(C)cc2-c2ccc(-c3cc(C)cc(-c4ccccc4)c3)cc2)cc1. The van der Waals surface area contributed by atoms with Crippen LogP contribution in [0, 0.1) is 20.8 Å². The Morgan fingerprint density at radius 3 is 1.48 bits per heavy atom. The van der Waals surface area contributed by atoms with Gasteiger partial charge < -0.3 is 0 Å². The zero-order chi connectivity index (χ0) is 22.8. The molecule has 0 amide bonds. The van der Waals surface area contributed by atoms with Gasteiger partial charge in [0.2, 0.25) is 0 Å². The summed E-state index contributed by atoms with van der Waals surface area (Å²) in [4.78, 5) is 0. The standard InChI is InChI=1S/C33H28/c1-23-9-12-28(13-10-23)32-18-11-24(2)21-33(32)29-16-14-27(15-17-29)31-20-25(3)19-30(22-31)26-7-5-4-6-8-26/h4-22H,1-3H3. The van der Waals surface area contributed by atoms with Gasteiger partial charge in [0, 0.05) is 0 Å². The highest BCUT2D eigenvalue weighted by Gasteiger charge is 2.09. The topological polar surface area (TPSA) is 0 Å². The summed E-state index contributed by atoms with van der Waals surface area (Å²) < 4.78 is 0. The van der Waals surface area contributed by atoms with Gasteiger partial charge in [-0.05, 0) is 76.9 Å². The van der Waals surface area contributed by atoms with Crippen LogP contribution in [0.15, 0.2) is 115 Å². The third kappa shape index (κ3) is 4.52. The quantitative estimate of drug-likeness (QED) is 0.270. The van der Waals surface area contributed by atoms with Gasteiger partial charge in [-0.15, -0.1) is 0 Å². The summed E-state index contributed by atoms with van der Waals surface area (Å²) in [5.41, 5.74) is 13.9. The van der Waals surface area contributed by atoms with E-state index < -0.39 is 0 Å². The second-order valence-corrected chi connectivity index (χ2v) is 8.95.